The number of rotatable bonds is 6. The molecular weight excluding hydrogens is 188 g/mol. The van der Waals surface area contributed by atoms with Gasteiger partial charge in [0.05, 0.1) is 19.3 Å². The van der Waals surface area contributed by atoms with Crippen LogP contribution >= 0.6 is 0 Å². The molecule has 0 aromatic heterocycles. The van der Waals surface area contributed by atoms with Crippen LogP contribution in [0.25, 0.3) is 0 Å². The maximum Gasteiger partial charge on any atom is 0.119 e. The second-order valence-electron chi connectivity index (χ2n) is 3.99. The fraction of sp³-hybridized carbons (Fsp3) is 0.538. The van der Waals surface area contributed by atoms with Gasteiger partial charge in [-0.05, 0) is 24.1 Å². The minimum Gasteiger partial charge on any atom is -0.493 e. The monoisotopic (exact) mass is 206 g/mol. The fourth-order valence-electron chi connectivity index (χ4n) is 1.62. The third kappa shape index (κ3) is 3.56. The summed E-state index contributed by atoms with van der Waals surface area (Å²) in [6.07, 6.45) is 3.78. The zero-order chi connectivity index (χ0) is 10.5. The Balaban J connectivity index is 1.80. The van der Waals surface area contributed by atoms with Gasteiger partial charge in [-0.3, -0.25) is 0 Å². The van der Waals surface area contributed by atoms with E-state index < -0.39 is 0 Å². The molecule has 1 aromatic carbocycles. The Morgan fingerprint density at radius 1 is 1.47 bits per heavy atom. The molecule has 0 amide bonds. The summed E-state index contributed by atoms with van der Waals surface area (Å²) in [5.41, 5.74) is 1.36. The van der Waals surface area contributed by atoms with Crippen LogP contribution in [0.1, 0.15) is 25.3 Å². The lowest BCUT2D eigenvalue weighted by Crippen LogP contribution is -2.01. The predicted molar refractivity (Wildman–Crippen MR) is 60.3 cm³/mol. The van der Waals surface area contributed by atoms with Crippen LogP contribution in [-0.4, -0.2) is 19.3 Å². The first kappa shape index (κ1) is 10.5. The highest BCUT2D eigenvalue weighted by molar-refractivity contribution is 5.28. The van der Waals surface area contributed by atoms with Crippen molar-refractivity contribution >= 4 is 0 Å². The summed E-state index contributed by atoms with van der Waals surface area (Å²) in [5, 5.41) is 0. The van der Waals surface area contributed by atoms with Crippen molar-refractivity contribution in [3.8, 4) is 5.75 Å². The van der Waals surface area contributed by atoms with E-state index in [9.17, 15) is 0 Å². The summed E-state index contributed by atoms with van der Waals surface area (Å²) >= 11 is 0. The van der Waals surface area contributed by atoms with Crippen LogP contribution in [0.2, 0.25) is 0 Å². The Morgan fingerprint density at radius 2 is 2.33 bits per heavy atom. The summed E-state index contributed by atoms with van der Waals surface area (Å²) in [6, 6.07) is 8.37. The molecule has 2 rings (SSSR count). The predicted octanol–water partition coefficient (Wildman–Crippen LogP) is 2.81. The SMILES string of the molecule is CCCc1cccc(OCCC2CO2)c1. The van der Waals surface area contributed by atoms with Crippen molar-refractivity contribution in [3.05, 3.63) is 29.8 Å². The van der Waals surface area contributed by atoms with Gasteiger partial charge in [-0.1, -0.05) is 25.5 Å². The zero-order valence-electron chi connectivity index (χ0n) is 9.24. The quantitative estimate of drug-likeness (QED) is 0.667. The molecule has 1 aliphatic heterocycles. The highest BCUT2D eigenvalue weighted by Crippen LogP contribution is 2.17. The first-order chi connectivity index (χ1) is 7.38. The van der Waals surface area contributed by atoms with E-state index in [4.69, 9.17) is 9.47 Å². The van der Waals surface area contributed by atoms with Gasteiger partial charge in [0.2, 0.25) is 0 Å². The van der Waals surface area contributed by atoms with Gasteiger partial charge in [-0.2, -0.15) is 0 Å². The zero-order valence-corrected chi connectivity index (χ0v) is 9.24. The van der Waals surface area contributed by atoms with Gasteiger partial charge >= 0.3 is 0 Å². The summed E-state index contributed by atoms with van der Waals surface area (Å²) in [5.74, 6) is 0.988. The Bertz CT molecular complexity index is 305. The van der Waals surface area contributed by atoms with Gasteiger partial charge in [-0.15, -0.1) is 0 Å². The summed E-state index contributed by atoms with van der Waals surface area (Å²) in [7, 11) is 0. The Hall–Kier alpha value is -1.02. The number of aryl methyl sites for hydroxylation is 1. The maximum atomic E-state index is 5.66. The molecule has 0 saturated carbocycles. The minimum atomic E-state index is 0.462. The van der Waals surface area contributed by atoms with Gasteiger partial charge in [-0.25, -0.2) is 0 Å². The smallest absolute Gasteiger partial charge is 0.119 e. The molecule has 1 aliphatic rings. The summed E-state index contributed by atoms with van der Waals surface area (Å²) in [6.45, 7) is 3.87. The van der Waals surface area contributed by atoms with Crippen LogP contribution in [-0.2, 0) is 11.2 Å². The van der Waals surface area contributed by atoms with Crippen molar-refractivity contribution in [2.45, 2.75) is 32.3 Å². The average molecular weight is 206 g/mol. The van der Waals surface area contributed by atoms with Crippen molar-refractivity contribution in [2.24, 2.45) is 0 Å². The lowest BCUT2D eigenvalue weighted by molar-refractivity contribution is 0.283. The normalized spacial score (nSPS) is 18.9. The molecule has 15 heavy (non-hydrogen) atoms. The van der Waals surface area contributed by atoms with E-state index in [-0.39, 0.29) is 0 Å². The lowest BCUT2D eigenvalue weighted by atomic mass is 10.1. The third-order valence-electron chi connectivity index (χ3n) is 2.55. The van der Waals surface area contributed by atoms with Crippen molar-refractivity contribution in [1.82, 2.24) is 0 Å². The number of hydrogen-bond donors (Lipinski definition) is 0. The molecule has 82 valence electrons. The maximum absolute atomic E-state index is 5.66. The molecular formula is C13H18O2. The molecule has 1 saturated heterocycles. The van der Waals surface area contributed by atoms with Crippen molar-refractivity contribution in [2.75, 3.05) is 13.2 Å². The van der Waals surface area contributed by atoms with Gasteiger partial charge in [0.1, 0.15) is 5.75 Å². The molecule has 0 N–H and O–H groups in total. The molecule has 0 bridgehead atoms. The van der Waals surface area contributed by atoms with Gasteiger partial charge < -0.3 is 9.47 Å². The Kier molecular flexibility index (Phi) is 3.62. The van der Waals surface area contributed by atoms with E-state index in [0.717, 1.165) is 31.8 Å². The Morgan fingerprint density at radius 3 is 3.07 bits per heavy atom. The van der Waals surface area contributed by atoms with Crippen LogP contribution in [0.15, 0.2) is 24.3 Å². The molecule has 1 atom stereocenters. The van der Waals surface area contributed by atoms with Gasteiger partial charge in [0, 0.05) is 6.42 Å². The molecule has 1 fully saturated rings. The van der Waals surface area contributed by atoms with E-state index in [0.29, 0.717) is 6.10 Å². The van der Waals surface area contributed by atoms with E-state index in [2.05, 4.69) is 25.1 Å². The number of hydrogen-bond acceptors (Lipinski definition) is 2. The highest BCUT2D eigenvalue weighted by atomic mass is 16.6. The van der Waals surface area contributed by atoms with Crippen LogP contribution < -0.4 is 4.74 Å². The fourth-order valence-corrected chi connectivity index (χ4v) is 1.62. The lowest BCUT2D eigenvalue weighted by Gasteiger charge is -2.06. The van der Waals surface area contributed by atoms with Gasteiger partial charge in [0.15, 0.2) is 0 Å². The largest absolute Gasteiger partial charge is 0.493 e. The van der Waals surface area contributed by atoms with Crippen LogP contribution in [0.4, 0.5) is 0 Å². The molecule has 1 aromatic rings. The van der Waals surface area contributed by atoms with Crippen molar-refractivity contribution in [3.63, 3.8) is 0 Å². The molecule has 1 unspecified atom stereocenters. The highest BCUT2D eigenvalue weighted by Gasteiger charge is 2.21. The van der Waals surface area contributed by atoms with Crippen LogP contribution in [0, 0.1) is 0 Å². The minimum absolute atomic E-state index is 0.462. The molecule has 0 spiro atoms. The number of epoxide rings is 1. The molecule has 2 nitrogen and oxygen atoms in total. The first-order valence-electron chi connectivity index (χ1n) is 5.72. The number of benzene rings is 1. The topological polar surface area (TPSA) is 21.8 Å². The summed E-state index contributed by atoms with van der Waals surface area (Å²) in [4.78, 5) is 0. The second kappa shape index (κ2) is 5.17. The molecule has 0 radical (unpaired) electrons. The summed E-state index contributed by atoms with van der Waals surface area (Å²) < 4.78 is 10.8. The van der Waals surface area contributed by atoms with E-state index >= 15 is 0 Å². The van der Waals surface area contributed by atoms with E-state index in [1.807, 2.05) is 6.07 Å². The second-order valence-corrected chi connectivity index (χ2v) is 3.99. The Labute approximate surface area is 91.2 Å². The van der Waals surface area contributed by atoms with Crippen molar-refractivity contribution in [1.29, 1.82) is 0 Å². The third-order valence-corrected chi connectivity index (χ3v) is 2.55. The molecule has 1 heterocycles. The van der Waals surface area contributed by atoms with Crippen LogP contribution in [0.3, 0.4) is 0 Å². The standard InChI is InChI=1S/C13H18O2/c1-2-4-11-5-3-6-12(9-11)14-8-7-13-10-15-13/h3,5-6,9,13H,2,4,7-8,10H2,1H3. The molecule has 0 aliphatic carbocycles. The number of ether oxygens (including phenoxy) is 2. The van der Waals surface area contributed by atoms with Crippen molar-refractivity contribution < 1.29 is 9.47 Å². The molecule has 2 heteroatoms. The first-order valence-corrected chi connectivity index (χ1v) is 5.72. The van der Waals surface area contributed by atoms with E-state index in [1.165, 1.54) is 12.0 Å². The van der Waals surface area contributed by atoms with E-state index in [1.54, 1.807) is 0 Å². The van der Waals surface area contributed by atoms with Gasteiger partial charge in [0.25, 0.3) is 0 Å². The van der Waals surface area contributed by atoms with Crippen LogP contribution in [0.5, 0.6) is 5.75 Å². The average Bonchev–Trinajstić information content (AvgIpc) is 3.03.